The molecule has 2 nitrogen and oxygen atoms in total. The Morgan fingerprint density at radius 3 is 2.41 bits per heavy atom. The summed E-state index contributed by atoms with van der Waals surface area (Å²) in [5.74, 6) is 0.510. The molecule has 17 heavy (non-hydrogen) atoms. The molecule has 1 aromatic rings. The lowest BCUT2D eigenvalue weighted by Crippen LogP contribution is -2.36. The van der Waals surface area contributed by atoms with Crippen LogP contribution in [0.3, 0.4) is 0 Å². The zero-order valence-corrected chi connectivity index (χ0v) is 11.2. The van der Waals surface area contributed by atoms with Gasteiger partial charge >= 0.3 is 0 Å². The molecule has 1 heterocycles. The van der Waals surface area contributed by atoms with Gasteiger partial charge in [0.15, 0.2) is 0 Å². The Hall–Kier alpha value is -0.280. The molecule has 4 heteroatoms. The first-order valence-corrected chi connectivity index (χ1v) is 6.70. The molecule has 1 fully saturated rings. The first kappa shape index (κ1) is 13.2. The van der Waals surface area contributed by atoms with E-state index in [4.69, 9.17) is 33.7 Å². The smallest absolute Gasteiger partial charge is 0.0469 e. The number of nitrogens with two attached hydrogens (primary N) is 1. The maximum atomic E-state index is 6.25. The quantitative estimate of drug-likeness (QED) is 0.918. The molecule has 1 atom stereocenters. The maximum Gasteiger partial charge on any atom is 0.0469 e. The van der Waals surface area contributed by atoms with Crippen LogP contribution in [-0.2, 0) is 11.2 Å². The van der Waals surface area contributed by atoms with Gasteiger partial charge in [-0.1, -0.05) is 29.3 Å². The summed E-state index contributed by atoms with van der Waals surface area (Å²) in [4.78, 5) is 0. The second-order valence-corrected chi connectivity index (χ2v) is 5.33. The van der Waals surface area contributed by atoms with E-state index in [9.17, 15) is 0 Å². The molecule has 0 aromatic heterocycles. The van der Waals surface area contributed by atoms with Crippen molar-refractivity contribution in [2.45, 2.75) is 25.3 Å². The van der Waals surface area contributed by atoms with Gasteiger partial charge in [-0.05, 0) is 42.9 Å². The highest BCUT2D eigenvalue weighted by Crippen LogP contribution is 2.28. The Morgan fingerprint density at radius 1 is 1.24 bits per heavy atom. The van der Waals surface area contributed by atoms with Crippen molar-refractivity contribution in [3.8, 4) is 0 Å². The fourth-order valence-corrected chi connectivity index (χ4v) is 2.83. The van der Waals surface area contributed by atoms with Gasteiger partial charge < -0.3 is 10.5 Å². The van der Waals surface area contributed by atoms with Gasteiger partial charge in [-0.15, -0.1) is 0 Å². The Morgan fingerprint density at radius 2 is 1.82 bits per heavy atom. The van der Waals surface area contributed by atoms with E-state index >= 15 is 0 Å². The van der Waals surface area contributed by atoms with Crippen LogP contribution in [0.1, 0.15) is 18.4 Å². The van der Waals surface area contributed by atoms with Crippen molar-refractivity contribution in [2.75, 3.05) is 13.2 Å². The van der Waals surface area contributed by atoms with Gasteiger partial charge in [-0.25, -0.2) is 0 Å². The zero-order chi connectivity index (χ0) is 12.3. The second kappa shape index (κ2) is 6.05. The lowest BCUT2D eigenvalue weighted by atomic mass is 9.88. The predicted octanol–water partition coefficient (Wildman–Crippen LogP) is 3.29. The SMILES string of the molecule is NC(Cc1c(Cl)cccc1Cl)C1CCOCC1. The van der Waals surface area contributed by atoms with E-state index in [1.165, 1.54) is 0 Å². The van der Waals surface area contributed by atoms with Crippen LogP contribution in [0.2, 0.25) is 10.0 Å². The number of benzene rings is 1. The minimum atomic E-state index is 0.108. The Balaban J connectivity index is 2.04. The van der Waals surface area contributed by atoms with E-state index in [0.29, 0.717) is 16.0 Å². The minimum absolute atomic E-state index is 0.108. The van der Waals surface area contributed by atoms with Crippen LogP contribution < -0.4 is 5.73 Å². The van der Waals surface area contributed by atoms with Crippen LogP contribution in [0.15, 0.2) is 18.2 Å². The Bertz CT molecular complexity index is 357. The van der Waals surface area contributed by atoms with Crippen LogP contribution in [0.25, 0.3) is 0 Å². The summed E-state index contributed by atoms with van der Waals surface area (Å²) in [6.07, 6.45) is 2.80. The molecule has 94 valence electrons. The molecular weight excluding hydrogens is 257 g/mol. The van der Waals surface area contributed by atoms with Gasteiger partial charge in [-0.2, -0.15) is 0 Å². The normalized spacial score (nSPS) is 19.2. The maximum absolute atomic E-state index is 6.25. The molecule has 0 saturated carbocycles. The number of rotatable bonds is 3. The van der Waals surface area contributed by atoms with Crippen molar-refractivity contribution in [1.29, 1.82) is 0 Å². The van der Waals surface area contributed by atoms with Crippen LogP contribution in [0.5, 0.6) is 0 Å². The third kappa shape index (κ3) is 3.35. The zero-order valence-electron chi connectivity index (χ0n) is 9.66. The molecule has 0 bridgehead atoms. The second-order valence-electron chi connectivity index (χ2n) is 4.52. The fourth-order valence-electron chi connectivity index (χ4n) is 2.27. The molecule has 2 rings (SSSR count). The summed E-state index contributed by atoms with van der Waals surface area (Å²) in [5.41, 5.74) is 7.21. The summed E-state index contributed by atoms with van der Waals surface area (Å²) in [7, 11) is 0. The predicted molar refractivity (Wildman–Crippen MR) is 71.7 cm³/mol. The Kier molecular flexibility index (Phi) is 4.69. The third-order valence-corrected chi connectivity index (χ3v) is 4.08. The summed E-state index contributed by atoms with van der Waals surface area (Å²) in [5, 5.41) is 1.42. The van der Waals surface area contributed by atoms with E-state index in [-0.39, 0.29) is 6.04 Å². The van der Waals surface area contributed by atoms with E-state index < -0.39 is 0 Å². The molecule has 1 unspecified atom stereocenters. The van der Waals surface area contributed by atoms with Gasteiger partial charge in [0.2, 0.25) is 0 Å². The summed E-state index contributed by atoms with van der Waals surface area (Å²) >= 11 is 12.3. The average molecular weight is 274 g/mol. The number of halogens is 2. The number of hydrogen-bond donors (Lipinski definition) is 1. The summed E-state index contributed by atoms with van der Waals surface area (Å²) < 4.78 is 5.34. The van der Waals surface area contributed by atoms with E-state index in [1.807, 2.05) is 18.2 Å². The molecule has 1 aliphatic heterocycles. The minimum Gasteiger partial charge on any atom is -0.381 e. The molecule has 0 aliphatic carbocycles. The first-order chi connectivity index (χ1) is 8.18. The molecule has 0 radical (unpaired) electrons. The van der Waals surface area contributed by atoms with Crippen molar-refractivity contribution in [2.24, 2.45) is 11.7 Å². The molecule has 1 aliphatic rings. The Labute approximate surface area is 112 Å². The lowest BCUT2D eigenvalue weighted by Gasteiger charge is -2.28. The van der Waals surface area contributed by atoms with Crippen molar-refractivity contribution >= 4 is 23.2 Å². The molecule has 0 amide bonds. The summed E-state index contributed by atoms with van der Waals surface area (Å²) in [6, 6.07) is 5.68. The highest BCUT2D eigenvalue weighted by atomic mass is 35.5. The van der Waals surface area contributed by atoms with E-state index in [0.717, 1.165) is 38.0 Å². The molecule has 1 saturated heterocycles. The third-order valence-electron chi connectivity index (χ3n) is 3.37. The van der Waals surface area contributed by atoms with Crippen molar-refractivity contribution in [3.63, 3.8) is 0 Å². The fraction of sp³-hybridized carbons (Fsp3) is 0.538. The van der Waals surface area contributed by atoms with Crippen molar-refractivity contribution in [3.05, 3.63) is 33.8 Å². The molecule has 0 spiro atoms. The summed E-state index contributed by atoms with van der Waals surface area (Å²) in [6.45, 7) is 1.63. The van der Waals surface area contributed by atoms with Gasteiger partial charge in [0.05, 0.1) is 0 Å². The van der Waals surface area contributed by atoms with Crippen LogP contribution >= 0.6 is 23.2 Å². The highest BCUT2D eigenvalue weighted by molar-refractivity contribution is 6.35. The highest BCUT2D eigenvalue weighted by Gasteiger charge is 2.22. The first-order valence-electron chi connectivity index (χ1n) is 5.94. The number of ether oxygens (including phenoxy) is 1. The van der Waals surface area contributed by atoms with Gasteiger partial charge in [0, 0.05) is 29.3 Å². The van der Waals surface area contributed by atoms with Crippen LogP contribution in [0, 0.1) is 5.92 Å². The topological polar surface area (TPSA) is 35.2 Å². The largest absolute Gasteiger partial charge is 0.381 e. The van der Waals surface area contributed by atoms with Crippen LogP contribution in [-0.4, -0.2) is 19.3 Å². The van der Waals surface area contributed by atoms with Crippen molar-refractivity contribution < 1.29 is 4.74 Å². The van der Waals surface area contributed by atoms with E-state index in [1.54, 1.807) is 0 Å². The number of hydrogen-bond acceptors (Lipinski definition) is 2. The van der Waals surface area contributed by atoms with E-state index in [2.05, 4.69) is 0 Å². The average Bonchev–Trinajstić information content (AvgIpc) is 2.35. The molecule has 2 N–H and O–H groups in total. The molecular formula is C13H17Cl2NO. The van der Waals surface area contributed by atoms with Crippen LogP contribution in [0.4, 0.5) is 0 Å². The van der Waals surface area contributed by atoms with Crippen molar-refractivity contribution in [1.82, 2.24) is 0 Å². The molecule has 1 aromatic carbocycles. The monoisotopic (exact) mass is 273 g/mol. The van der Waals surface area contributed by atoms with Gasteiger partial charge in [0.1, 0.15) is 0 Å². The van der Waals surface area contributed by atoms with Gasteiger partial charge in [-0.3, -0.25) is 0 Å². The standard InChI is InChI=1S/C13H17Cl2NO/c14-11-2-1-3-12(15)10(11)8-13(16)9-4-6-17-7-5-9/h1-3,9,13H,4-8,16H2. The lowest BCUT2D eigenvalue weighted by molar-refractivity contribution is 0.0585. The van der Waals surface area contributed by atoms with Gasteiger partial charge in [0.25, 0.3) is 0 Å².